The number of anilines is 12. The number of hydrogen-bond acceptors (Lipinski definition) is 4. The molecule has 0 aliphatic heterocycles. The largest absolute Gasteiger partial charge is 0.310 e. The zero-order valence-corrected chi connectivity index (χ0v) is 50.6. The Morgan fingerprint density at radius 3 is 0.674 bits per heavy atom. The van der Waals surface area contributed by atoms with Crippen molar-refractivity contribution in [3.05, 3.63) is 376 Å². The van der Waals surface area contributed by atoms with Gasteiger partial charge in [-0.1, -0.05) is 243 Å². The fourth-order valence-corrected chi connectivity index (χ4v) is 13.2. The van der Waals surface area contributed by atoms with Crippen molar-refractivity contribution < 1.29 is 0 Å². The molecule has 0 atom stereocenters. The van der Waals surface area contributed by atoms with E-state index in [1.807, 2.05) is 0 Å². The van der Waals surface area contributed by atoms with Gasteiger partial charge < -0.3 is 19.6 Å². The van der Waals surface area contributed by atoms with E-state index in [1.165, 1.54) is 43.1 Å². The molecular weight excluding hydrogens is 1110 g/mol. The number of hydrogen-bond donors (Lipinski definition) is 0. The number of rotatable bonds is 15. The summed E-state index contributed by atoms with van der Waals surface area (Å²) >= 11 is 0. The molecule has 16 rings (SSSR count). The van der Waals surface area contributed by atoms with E-state index in [-0.39, 0.29) is 0 Å². The predicted molar refractivity (Wildman–Crippen MR) is 392 cm³/mol. The second-order valence-corrected chi connectivity index (χ2v) is 23.4. The van der Waals surface area contributed by atoms with Crippen molar-refractivity contribution in [1.82, 2.24) is 0 Å². The van der Waals surface area contributed by atoms with E-state index in [4.69, 9.17) is 0 Å². The minimum Gasteiger partial charge on any atom is -0.310 e. The second-order valence-electron chi connectivity index (χ2n) is 23.4. The van der Waals surface area contributed by atoms with Crippen LogP contribution in [0.1, 0.15) is 0 Å². The summed E-state index contributed by atoms with van der Waals surface area (Å²) in [7, 11) is 0. The van der Waals surface area contributed by atoms with E-state index in [0.29, 0.717) is 0 Å². The lowest BCUT2D eigenvalue weighted by molar-refractivity contribution is 1.28. The van der Waals surface area contributed by atoms with Crippen LogP contribution in [0, 0.1) is 0 Å². The summed E-state index contributed by atoms with van der Waals surface area (Å²) in [6.07, 6.45) is 0. The first kappa shape index (κ1) is 55.1. The first-order chi connectivity index (χ1) is 45.6. The van der Waals surface area contributed by atoms with Gasteiger partial charge in [0.05, 0.1) is 11.4 Å². The van der Waals surface area contributed by atoms with Crippen molar-refractivity contribution in [3.8, 4) is 33.4 Å². The van der Waals surface area contributed by atoms with E-state index in [9.17, 15) is 0 Å². The van der Waals surface area contributed by atoms with E-state index in [2.05, 4.69) is 396 Å². The predicted octanol–water partition coefficient (Wildman–Crippen LogP) is 25.2. The molecule has 0 heterocycles. The average molecular weight is 1180 g/mol. The van der Waals surface area contributed by atoms with Crippen LogP contribution in [-0.2, 0) is 0 Å². The summed E-state index contributed by atoms with van der Waals surface area (Å²) in [5.41, 5.74) is 20.1. The van der Waals surface area contributed by atoms with Gasteiger partial charge in [0.25, 0.3) is 0 Å². The molecule has 0 radical (unpaired) electrons. The summed E-state index contributed by atoms with van der Waals surface area (Å²) in [5, 5.41) is 9.65. The Bertz CT molecular complexity index is 4900. The molecule has 0 N–H and O–H groups in total. The fraction of sp³-hybridized carbons (Fsp3) is 0. The smallest absolute Gasteiger partial charge is 0.0540 e. The lowest BCUT2D eigenvalue weighted by atomic mass is 10.0. The molecule has 434 valence electrons. The Kier molecular flexibility index (Phi) is 14.6. The quantitative estimate of drug-likeness (QED) is 0.101. The summed E-state index contributed by atoms with van der Waals surface area (Å²) in [6.45, 7) is 0. The van der Waals surface area contributed by atoms with Gasteiger partial charge in [-0.05, 0) is 199 Å². The first-order valence-corrected chi connectivity index (χ1v) is 31.5. The molecule has 0 aromatic heterocycles. The minimum atomic E-state index is 1.07. The Hall–Kier alpha value is -12.2. The first-order valence-electron chi connectivity index (χ1n) is 31.5. The molecule has 0 bridgehead atoms. The highest BCUT2D eigenvalue weighted by Gasteiger charge is 2.20. The monoisotopic (exact) mass is 1170 g/mol. The van der Waals surface area contributed by atoms with Gasteiger partial charge >= 0.3 is 0 Å². The van der Waals surface area contributed by atoms with Crippen LogP contribution in [0.5, 0.6) is 0 Å². The van der Waals surface area contributed by atoms with Gasteiger partial charge in [0.2, 0.25) is 0 Å². The summed E-state index contributed by atoms with van der Waals surface area (Å²) in [6, 6.07) is 136. The maximum Gasteiger partial charge on any atom is 0.0540 e. The molecule has 0 saturated heterocycles. The van der Waals surface area contributed by atoms with Crippen molar-refractivity contribution in [1.29, 1.82) is 0 Å². The lowest BCUT2D eigenvalue weighted by Gasteiger charge is -2.27. The van der Waals surface area contributed by atoms with E-state index >= 15 is 0 Å². The van der Waals surface area contributed by atoms with Crippen LogP contribution in [0.15, 0.2) is 376 Å². The van der Waals surface area contributed by atoms with Crippen LogP contribution in [0.2, 0.25) is 0 Å². The number of fused-ring (bicyclic) bond motifs is 4. The van der Waals surface area contributed by atoms with Crippen LogP contribution in [-0.4, -0.2) is 0 Å². The molecule has 0 amide bonds. The van der Waals surface area contributed by atoms with Crippen molar-refractivity contribution in [3.63, 3.8) is 0 Å². The summed E-state index contributed by atoms with van der Waals surface area (Å²) in [4.78, 5) is 9.44. The molecule has 16 aromatic carbocycles. The molecule has 0 aliphatic rings. The highest BCUT2D eigenvalue weighted by atomic mass is 15.2. The molecule has 4 nitrogen and oxygen atoms in total. The fourth-order valence-electron chi connectivity index (χ4n) is 13.2. The van der Waals surface area contributed by atoms with Crippen molar-refractivity contribution in [2.75, 3.05) is 19.6 Å². The lowest BCUT2D eigenvalue weighted by Crippen LogP contribution is -2.10. The number of para-hydroxylation sites is 2. The Morgan fingerprint density at radius 1 is 0.130 bits per heavy atom. The zero-order chi connectivity index (χ0) is 61.2. The minimum absolute atomic E-state index is 1.07. The van der Waals surface area contributed by atoms with Gasteiger partial charge in [0, 0.05) is 67.6 Å². The number of nitrogens with zero attached hydrogens (tertiary/aromatic N) is 4. The van der Waals surface area contributed by atoms with E-state index in [0.717, 1.165) is 102 Å². The third-order valence-electron chi connectivity index (χ3n) is 17.8. The topological polar surface area (TPSA) is 13.0 Å². The third-order valence-corrected chi connectivity index (χ3v) is 17.8. The molecule has 92 heavy (non-hydrogen) atoms. The molecule has 0 saturated carbocycles. The summed E-state index contributed by atoms with van der Waals surface area (Å²) < 4.78 is 0. The average Bonchev–Trinajstić information content (AvgIpc) is 1.03. The Balaban J connectivity index is 0.684. The maximum atomic E-state index is 2.36. The van der Waals surface area contributed by atoms with Gasteiger partial charge in [-0.15, -0.1) is 0 Å². The maximum absolute atomic E-state index is 2.36. The van der Waals surface area contributed by atoms with Crippen molar-refractivity contribution >= 4 is 111 Å². The molecule has 0 spiro atoms. The van der Waals surface area contributed by atoms with Crippen LogP contribution >= 0.6 is 0 Å². The second kappa shape index (κ2) is 24.4. The standard InChI is InChI=1S/C88H62N4/c1-3-25-75(26-4-1)91(87-31-15-23-71-19-11-13-29-85(71)87)81-55-41-69(42-56-81)67-37-51-79(52-38-67)89(83-59-45-63-17-7-9-21-73(63)61-83)77-47-33-65(34-48-77)66-35-49-78(50-36-66)90(84-60-46-64-18-8-10-22-74(64)62-84)80-53-39-68(40-54-80)70-43-57-82(58-44-70)92(76-27-5-2-6-28-76)88-32-16-24-72-20-12-14-30-86(72)88/h1-62H. The molecule has 0 fully saturated rings. The van der Waals surface area contributed by atoms with Crippen molar-refractivity contribution in [2.24, 2.45) is 0 Å². The molecule has 0 unspecified atom stereocenters. The van der Waals surface area contributed by atoms with Crippen molar-refractivity contribution in [2.45, 2.75) is 0 Å². The zero-order valence-electron chi connectivity index (χ0n) is 50.6. The van der Waals surface area contributed by atoms with Gasteiger partial charge in [-0.3, -0.25) is 0 Å². The van der Waals surface area contributed by atoms with Gasteiger partial charge in [0.1, 0.15) is 0 Å². The molecular formula is C88H62N4. The normalized spacial score (nSPS) is 11.3. The van der Waals surface area contributed by atoms with Crippen LogP contribution in [0.25, 0.3) is 76.5 Å². The third kappa shape index (κ3) is 10.8. The number of benzene rings is 16. The van der Waals surface area contributed by atoms with E-state index in [1.54, 1.807) is 0 Å². The molecule has 4 heteroatoms. The Morgan fingerprint density at radius 2 is 0.359 bits per heavy atom. The van der Waals surface area contributed by atoms with Crippen LogP contribution in [0.4, 0.5) is 68.2 Å². The van der Waals surface area contributed by atoms with Gasteiger partial charge in [-0.2, -0.15) is 0 Å². The highest BCUT2D eigenvalue weighted by molar-refractivity contribution is 6.01. The van der Waals surface area contributed by atoms with Gasteiger partial charge in [-0.25, -0.2) is 0 Å². The van der Waals surface area contributed by atoms with Crippen LogP contribution < -0.4 is 19.6 Å². The summed E-state index contributed by atoms with van der Waals surface area (Å²) in [5.74, 6) is 0. The Labute approximate surface area is 537 Å². The molecule has 0 aliphatic carbocycles. The van der Waals surface area contributed by atoms with Crippen LogP contribution in [0.3, 0.4) is 0 Å². The van der Waals surface area contributed by atoms with E-state index < -0.39 is 0 Å². The molecule has 16 aromatic rings. The van der Waals surface area contributed by atoms with Gasteiger partial charge in [0.15, 0.2) is 0 Å². The highest BCUT2D eigenvalue weighted by Crippen LogP contribution is 2.45. The SMILES string of the molecule is c1ccc(N(c2ccc(-c3ccc(N(c4ccc(-c5ccc(N(c6ccc(-c7ccc(N(c8ccccc8)c8cccc9ccccc89)cc7)cc6)c6ccc7ccccc7c6)cc5)cc4)c4ccc5ccccc5c4)cc3)cc2)c2cccc3ccccc23)cc1.